The Hall–Kier alpha value is -1.06. The van der Waals surface area contributed by atoms with E-state index in [0.717, 1.165) is 0 Å². The molecule has 0 aliphatic rings. The van der Waals surface area contributed by atoms with E-state index in [2.05, 4.69) is 31.4 Å². The second-order valence-electron chi connectivity index (χ2n) is 5.73. The molecule has 0 saturated heterocycles. The minimum atomic E-state index is -0.0161. The first kappa shape index (κ1) is 17.9. The van der Waals surface area contributed by atoms with Gasteiger partial charge in [0.1, 0.15) is 0 Å². The van der Waals surface area contributed by atoms with Crippen LogP contribution in [0.2, 0.25) is 0 Å². The van der Waals surface area contributed by atoms with Crippen LogP contribution >= 0.6 is 12.4 Å². The van der Waals surface area contributed by atoms with Crippen molar-refractivity contribution >= 4 is 18.3 Å². The zero-order valence-corrected chi connectivity index (χ0v) is 13.2. The molecule has 0 heterocycles. The van der Waals surface area contributed by atoms with Crippen LogP contribution in [0.15, 0.2) is 24.3 Å². The second kappa shape index (κ2) is 7.51. The highest BCUT2D eigenvalue weighted by Gasteiger charge is 2.14. The molecule has 2 N–H and O–H groups in total. The van der Waals surface area contributed by atoms with E-state index in [-0.39, 0.29) is 29.8 Å². The maximum absolute atomic E-state index is 11.9. The van der Waals surface area contributed by atoms with Gasteiger partial charge >= 0.3 is 0 Å². The van der Waals surface area contributed by atoms with Crippen molar-refractivity contribution in [3.05, 3.63) is 35.4 Å². The Balaban J connectivity index is 0.00000324. The summed E-state index contributed by atoms with van der Waals surface area (Å²) in [5, 5.41) is 5.99. The van der Waals surface area contributed by atoms with E-state index in [1.807, 2.05) is 38.2 Å². The molecule has 0 radical (unpaired) electrons. The third kappa shape index (κ3) is 5.62. The van der Waals surface area contributed by atoms with Crippen LogP contribution in [-0.4, -0.2) is 25.5 Å². The fraction of sp³-hybridized carbons (Fsp3) is 0.533. The van der Waals surface area contributed by atoms with Crippen molar-refractivity contribution in [2.45, 2.75) is 39.2 Å². The molecule has 108 valence electrons. The topological polar surface area (TPSA) is 41.1 Å². The van der Waals surface area contributed by atoms with Gasteiger partial charge in [0.15, 0.2) is 0 Å². The van der Waals surface area contributed by atoms with Gasteiger partial charge in [-0.25, -0.2) is 0 Å². The second-order valence-corrected chi connectivity index (χ2v) is 5.73. The minimum absolute atomic E-state index is 0. The molecule has 0 spiro atoms. The van der Waals surface area contributed by atoms with Gasteiger partial charge in [0.2, 0.25) is 0 Å². The Morgan fingerprint density at radius 1 is 1.21 bits per heavy atom. The molecular weight excluding hydrogens is 260 g/mol. The molecule has 1 amide bonds. The fourth-order valence-corrected chi connectivity index (χ4v) is 1.57. The zero-order chi connectivity index (χ0) is 13.8. The van der Waals surface area contributed by atoms with E-state index < -0.39 is 0 Å². The van der Waals surface area contributed by atoms with Gasteiger partial charge < -0.3 is 10.6 Å². The largest absolute Gasteiger partial charge is 0.350 e. The maximum atomic E-state index is 11.9. The van der Waals surface area contributed by atoms with Crippen LogP contribution in [-0.2, 0) is 5.41 Å². The number of benzene rings is 1. The Morgan fingerprint density at radius 3 is 2.16 bits per heavy atom. The molecule has 1 aromatic rings. The molecule has 3 nitrogen and oxygen atoms in total. The summed E-state index contributed by atoms with van der Waals surface area (Å²) in [5.41, 5.74) is 2.07. The smallest absolute Gasteiger partial charge is 0.251 e. The third-order valence-electron chi connectivity index (χ3n) is 3.07. The summed E-state index contributed by atoms with van der Waals surface area (Å²) < 4.78 is 0. The quantitative estimate of drug-likeness (QED) is 0.893. The van der Waals surface area contributed by atoms with Gasteiger partial charge in [-0.15, -0.1) is 12.4 Å². The molecule has 0 aromatic heterocycles. The summed E-state index contributed by atoms with van der Waals surface area (Å²) in [7, 11) is 1.88. The van der Waals surface area contributed by atoms with E-state index in [1.54, 1.807) is 0 Å². The van der Waals surface area contributed by atoms with Gasteiger partial charge in [-0.2, -0.15) is 0 Å². The SMILES string of the molecule is CNC(C)CNC(=O)c1ccc(C(C)(C)C)cc1.Cl. The van der Waals surface area contributed by atoms with E-state index >= 15 is 0 Å². The number of likely N-dealkylation sites (N-methyl/N-ethyl adjacent to an activating group) is 1. The summed E-state index contributed by atoms with van der Waals surface area (Å²) in [6, 6.07) is 8.11. The molecule has 19 heavy (non-hydrogen) atoms. The highest BCUT2D eigenvalue weighted by atomic mass is 35.5. The van der Waals surface area contributed by atoms with Crippen LogP contribution < -0.4 is 10.6 Å². The van der Waals surface area contributed by atoms with E-state index in [1.165, 1.54) is 5.56 Å². The number of hydrogen-bond acceptors (Lipinski definition) is 2. The molecule has 1 atom stereocenters. The van der Waals surface area contributed by atoms with Crippen molar-refractivity contribution < 1.29 is 4.79 Å². The van der Waals surface area contributed by atoms with Crippen molar-refractivity contribution in [3.8, 4) is 0 Å². The van der Waals surface area contributed by atoms with Crippen molar-refractivity contribution in [1.29, 1.82) is 0 Å². The number of carbonyl (C=O) groups excluding carboxylic acids is 1. The van der Waals surface area contributed by atoms with Crippen LogP contribution in [0.3, 0.4) is 0 Å². The number of hydrogen-bond donors (Lipinski definition) is 2. The summed E-state index contributed by atoms with van der Waals surface area (Å²) in [5.74, 6) is -0.0161. The van der Waals surface area contributed by atoms with Crippen molar-refractivity contribution in [3.63, 3.8) is 0 Å². The predicted octanol–water partition coefficient (Wildman–Crippen LogP) is 2.74. The average Bonchev–Trinajstić information content (AvgIpc) is 2.34. The van der Waals surface area contributed by atoms with Gasteiger partial charge in [0.25, 0.3) is 5.91 Å². The number of rotatable bonds is 4. The zero-order valence-electron chi connectivity index (χ0n) is 12.4. The lowest BCUT2D eigenvalue weighted by Crippen LogP contribution is -2.37. The van der Waals surface area contributed by atoms with Crippen LogP contribution in [0.4, 0.5) is 0 Å². The van der Waals surface area contributed by atoms with Crippen molar-refractivity contribution in [2.24, 2.45) is 0 Å². The fourth-order valence-electron chi connectivity index (χ4n) is 1.57. The lowest BCUT2D eigenvalue weighted by Gasteiger charge is -2.19. The molecular formula is C15H25ClN2O. The minimum Gasteiger partial charge on any atom is -0.350 e. The molecule has 0 fully saturated rings. The van der Waals surface area contributed by atoms with Crippen LogP contribution in [0.5, 0.6) is 0 Å². The van der Waals surface area contributed by atoms with Crippen molar-refractivity contribution in [2.75, 3.05) is 13.6 Å². The van der Waals surface area contributed by atoms with E-state index in [9.17, 15) is 4.79 Å². The Kier molecular flexibility index (Phi) is 7.09. The Bertz CT molecular complexity index is 396. The first-order chi connectivity index (χ1) is 8.34. The molecule has 0 saturated carbocycles. The van der Waals surface area contributed by atoms with Crippen LogP contribution in [0.25, 0.3) is 0 Å². The number of carbonyl (C=O) groups is 1. The van der Waals surface area contributed by atoms with Gasteiger partial charge in [0.05, 0.1) is 0 Å². The Morgan fingerprint density at radius 2 is 1.74 bits per heavy atom. The number of amides is 1. The van der Waals surface area contributed by atoms with E-state index in [0.29, 0.717) is 12.1 Å². The van der Waals surface area contributed by atoms with Crippen LogP contribution in [0.1, 0.15) is 43.6 Å². The lowest BCUT2D eigenvalue weighted by molar-refractivity contribution is 0.0950. The monoisotopic (exact) mass is 284 g/mol. The van der Waals surface area contributed by atoms with E-state index in [4.69, 9.17) is 0 Å². The maximum Gasteiger partial charge on any atom is 0.251 e. The highest BCUT2D eigenvalue weighted by molar-refractivity contribution is 5.94. The number of nitrogens with one attached hydrogen (secondary N) is 2. The van der Waals surface area contributed by atoms with Gasteiger partial charge in [0, 0.05) is 18.2 Å². The van der Waals surface area contributed by atoms with Crippen LogP contribution in [0, 0.1) is 0 Å². The van der Waals surface area contributed by atoms with Gasteiger partial charge in [-0.1, -0.05) is 32.9 Å². The van der Waals surface area contributed by atoms with Gasteiger partial charge in [-0.05, 0) is 37.1 Å². The summed E-state index contributed by atoms with van der Waals surface area (Å²) in [6.45, 7) is 9.16. The summed E-state index contributed by atoms with van der Waals surface area (Å²) >= 11 is 0. The standard InChI is InChI=1S/C15H24N2O.ClH/c1-11(16-5)10-17-14(18)12-6-8-13(9-7-12)15(2,3)4;/h6-9,11,16H,10H2,1-5H3,(H,17,18);1H. The Labute approximate surface area is 122 Å². The normalized spacial score (nSPS) is 12.5. The first-order valence-electron chi connectivity index (χ1n) is 6.40. The lowest BCUT2D eigenvalue weighted by atomic mass is 9.87. The molecule has 0 aliphatic heterocycles. The van der Waals surface area contributed by atoms with Crippen molar-refractivity contribution in [1.82, 2.24) is 10.6 Å². The molecule has 4 heteroatoms. The molecule has 1 aromatic carbocycles. The predicted molar refractivity (Wildman–Crippen MR) is 83.2 cm³/mol. The molecule has 0 aliphatic carbocycles. The third-order valence-corrected chi connectivity index (χ3v) is 3.07. The number of halogens is 1. The highest BCUT2D eigenvalue weighted by Crippen LogP contribution is 2.22. The molecule has 0 bridgehead atoms. The summed E-state index contributed by atoms with van der Waals surface area (Å²) in [6.07, 6.45) is 0. The average molecular weight is 285 g/mol. The first-order valence-corrected chi connectivity index (χ1v) is 6.40. The molecule has 1 rings (SSSR count). The molecule has 1 unspecified atom stereocenters. The van der Waals surface area contributed by atoms with Gasteiger partial charge in [-0.3, -0.25) is 4.79 Å². The summed E-state index contributed by atoms with van der Waals surface area (Å²) in [4.78, 5) is 11.9.